The van der Waals surface area contributed by atoms with Gasteiger partial charge in [-0.25, -0.2) is 0 Å². The molecular weight excluding hydrogens is 1430 g/mol. The molecule has 0 aliphatic heterocycles. The van der Waals surface area contributed by atoms with Gasteiger partial charge in [0, 0.05) is 11.8 Å². The van der Waals surface area contributed by atoms with Crippen LogP contribution in [0.25, 0.3) is 0 Å². The van der Waals surface area contributed by atoms with E-state index in [4.69, 9.17) is 24.9 Å². The molecule has 0 aromatic rings. The molecule has 0 aliphatic rings. The van der Waals surface area contributed by atoms with Crippen LogP contribution in [0.15, 0.2) is 77.5 Å². The number of allylic oxidation sites excluding steroid dienone is 9. The molecule has 0 heterocycles. The van der Waals surface area contributed by atoms with Gasteiger partial charge in [0.05, 0.1) is 25.4 Å². The third kappa shape index (κ3) is 245. The number of carbonyl (C=O) groups is 5. The van der Waals surface area contributed by atoms with Crippen molar-refractivity contribution in [2.45, 2.75) is 236 Å². The average Bonchev–Trinajstić information content (AvgIpc) is 3.16. The molecule has 0 radical (unpaired) electrons. The molecule has 0 aliphatic carbocycles. The summed E-state index contributed by atoms with van der Waals surface area (Å²) in [6.07, 6.45) is 15.2. The minimum Gasteiger partial charge on any atom is -1.00 e. The number of Topliss-reactive ketones (excluding diaryl/α,β-unsaturated/α-hetero) is 3. The van der Waals surface area contributed by atoms with E-state index in [0.29, 0.717) is 32.5 Å². The van der Waals surface area contributed by atoms with Crippen LogP contribution in [0.5, 0.6) is 0 Å². The quantitative estimate of drug-likeness (QED) is 0.0234. The first-order chi connectivity index (χ1) is 30.9. The SMILES string of the molecule is BrP(Br)Br.C.C.C.C.C.C.C.C.C.C.C=CC(C)(O)CCC=C(C)C.CC(=O)CCC=C(C)C.CC(C)=CCBr.CC(C)=CCO.CCOC(=O)C(CC=C(C)C)C(C)=O.CCOC(=O)CC(C)=O.CC[O-].O=[C-]O.[Br-].[CH-]=C.[Mg+2].[Na+].[Na+].[OH-]. The number of ether oxygens (including phenoxy) is 2. The minimum atomic E-state index is -0.702. The Morgan fingerprint density at radius 1 is 0.659 bits per heavy atom. The molecule has 4 N–H and O–H groups in total. The Hall–Kier alpha value is 1.04. The zero-order valence-corrected chi connectivity index (χ0v) is 61.6. The van der Waals surface area contributed by atoms with Crippen molar-refractivity contribution in [3.8, 4) is 0 Å². The molecule has 492 valence electrons. The largest absolute Gasteiger partial charge is 2.00 e. The number of aliphatic hydroxyl groups is 2. The van der Waals surface area contributed by atoms with Gasteiger partial charge in [-0.2, -0.15) is 0 Å². The second-order valence-corrected chi connectivity index (χ2v) is 30.5. The van der Waals surface area contributed by atoms with E-state index in [1.807, 2.05) is 47.6 Å². The minimum absolute atomic E-state index is 0. The van der Waals surface area contributed by atoms with Gasteiger partial charge in [0.2, 0.25) is 0 Å². The van der Waals surface area contributed by atoms with E-state index >= 15 is 0 Å². The molecule has 0 fully saturated rings. The Balaban J connectivity index is -0.0000000194. The molecule has 22 heteroatoms. The van der Waals surface area contributed by atoms with Gasteiger partial charge in [-0.05, 0) is 183 Å². The number of hydrogen-bond donors (Lipinski definition) is 3. The van der Waals surface area contributed by atoms with E-state index in [1.165, 1.54) is 30.6 Å². The molecule has 0 saturated heterocycles. The molecule has 0 bridgehead atoms. The number of aliphatic hydroxyl groups excluding tert-OH is 2. The molecule has 0 rings (SSSR count). The number of rotatable bonds is 17. The molecule has 2 unspecified atom stereocenters. The summed E-state index contributed by atoms with van der Waals surface area (Å²) in [7, 11) is 0. The van der Waals surface area contributed by atoms with E-state index in [9.17, 15) is 29.1 Å². The van der Waals surface area contributed by atoms with Crippen molar-refractivity contribution in [3.05, 3.63) is 84.1 Å². The molecule has 0 spiro atoms. The fourth-order valence-electron chi connectivity index (χ4n) is 3.10. The maximum Gasteiger partial charge on any atom is 2.00 e. The second kappa shape index (κ2) is 136. The predicted octanol–water partition coefficient (Wildman–Crippen LogP) is 10.7. The summed E-state index contributed by atoms with van der Waals surface area (Å²) in [4.78, 5) is 61.7. The number of esters is 2. The number of halogens is 5. The number of alkyl halides is 1. The zero-order valence-electron chi connectivity index (χ0n) is 47.3. The van der Waals surface area contributed by atoms with Gasteiger partial charge in [0.15, 0.2) is 0 Å². The Morgan fingerprint density at radius 2 is 0.951 bits per heavy atom. The molecule has 0 saturated carbocycles. The van der Waals surface area contributed by atoms with Crippen LogP contribution in [-0.2, 0) is 38.2 Å². The average molecular weight is 1560 g/mol. The Morgan fingerprint density at radius 3 is 1.13 bits per heavy atom. The maximum atomic E-state index is 11.3. The Kier molecular flexibility index (Phi) is 274. The van der Waals surface area contributed by atoms with E-state index in [0.717, 1.165) is 35.7 Å². The molecule has 82 heavy (non-hydrogen) atoms. The van der Waals surface area contributed by atoms with Gasteiger partial charge in [-0.15, -0.1) is 13.2 Å². The third-order valence-corrected chi connectivity index (χ3v) is 6.52. The fourth-order valence-corrected chi connectivity index (χ4v) is 3.74. The van der Waals surface area contributed by atoms with Gasteiger partial charge in [-0.3, -0.25) is 25.8 Å². The van der Waals surface area contributed by atoms with Gasteiger partial charge in [0.25, 0.3) is 0 Å². The van der Waals surface area contributed by atoms with Gasteiger partial charge in [0.1, 0.15) is 33.7 Å². The molecular formula is C60H129Br5MgNa2O13P-. The molecule has 0 aromatic heterocycles. The summed E-state index contributed by atoms with van der Waals surface area (Å²) in [5.41, 5.74) is 5.51. The van der Waals surface area contributed by atoms with Crippen molar-refractivity contribution >= 4 is 125 Å². The first kappa shape index (κ1) is 166. The van der Waals surface area contributed by atoms with Crippen LogP contribution in [-0.4, -0.2) is 117 Å². The summed E-state index contributed by atoms with van der Waals surface area (Å²) in [5, 5.41) is 34.3. The zero-order chi connectivity index (χ0) is 55.6. The molecule has 0 amide bonds. The van der Waals surface area contributed by atoms with Crippen LogP contribution in [0.1, 0.15) is 230 Å². The van der Waals surface area contributed by atoms with Crippen molar-refractivity contribution < 1.29 is 140 Å². The summed E-state index contributed by atoms with van der Waals surface area (Å²) < 4.78 is 9.12. The van der Waals surface area contributed by atoms with E-state index in [1.54, 1.807) is 46.8 Å². The van der Waals surface area contributed by atoms with E-state index in [-0.39, 0.29) is 220 Å². The first-order valence-corrected chi connectivity index (χ1v) is 29.7. The van der Waals surface area contributed by atoms with Crippen molar-refractivity contribution in [1.29, 1.82) is 0 Å². The van der Waals surface area contributed by atoms with Crippen molar-refractivity contribution in [2.24, 2.45) is 5.92 Å². The predicted molar refractivity (Wildman–Crippen MR) is 373 cm³/mol. The molecule has 0 aromatic carbocycles. The van der Waals surface area contributed by atoms with E-state index < -0.39 is 23.5 Å². The van der Waals surface area contributed by atoms with Crippen LogP contribution in [0, 0.1) is 12.5 Å². The molecule has 2 atom stereocenters. The fraction of sp³-hybridized carbons (Fsp3) is 0.667. The van der Waals surface area contributed by atoms with Crippen LogP contribution in [0.2, 0.25) is 0 Å². The van der Waals surface area contributed by atoms with Crippen molar-refractivity contribution in [3.63, 3.8) is 0 Å². The van der Waals surface area contributed by atoms with Gasteiger partial charge < -0.3 is 68.5 Å². The van der Waals surface area contributed by atoms with Crippen LogP contribution < -0.4 is 81.2 Å². The summed E-state index contributed by atoms with van der Waals surface area (Å²) >= 11 is 12.8. The standard InChI is InChI=1S/C11H18O3.C10H18O.C8H14O.C6H10O3.C5H9Br.C5H10O.C2H5O.C2H3.CHO2.10CH4.Br3P.BrH.Mg.2Na.H2O/c1-5-14-11(13)10(9(4)12)7-6-8(2)3;1-5-10(4,11)8-6-7-9(2)3;1-7(2)5-4-6-8(3)9;1-3-9-6(8)4-5(2)7;2*1-5(2)3-4-6;1-2-3;1-2;2-1-3;;;;;;;;;;;1-4(2)3;;;;;/h6,10H,5,7H2,1-4H3;5,7,11H,1,6,8H2,2-4H3;5H,4,6H2,1-3H3;3-4H2,1-2H3;3H,4H2,1-2H3;3,6H,4H2,1-2H3;2H2,1H3;1H,2H2;(H,2,3);10*1H4;;1H;;;;1H2/q;;;;;;3*-1;;;;;;;;;;;;;+2;2*+1;/p-2. The van der Waals surface area contributed by atoms with Crippen molar-refractivity contribution in [1.82, 2.24) is 0 Å². The summed E-state index contributed by atoms with van der Waals surface area (Å²) in [5.74, 6) is -1.52. The van der Waals surface area contributed by atoms with Crippen LogP contribution in [0.4, 0.5) is 0 Å². The van der Waals surface area contributed by atoms with E-state index in [2.05, 4.69) is 133 Å². The van der Waals surface area contributed by atoms with Gasteiger partial charge in [-0.1, -0.05) is 168 Å². The Bertz CT molecular complexity index is 1370. The monoisotopic (exact) mass is 1550 g/mol. The normalized spacial score (nSPS) is 7.96. The second-order valence-electron chi connectivity index (χ2n) is 14.5. The summed E-state index contributed by atoms with van der Waals surface area (Å²) in [6.45, 7) is 43.2. The first-order valence-electron chi connectivity index (χ1n) is 21.1. The Labute approximate surface area is 616 Å². The van der Waals surface area contributed by atoms with Crippen LogP contribution >= 0.6 is 66.4 Å². The third-order valence-electron chi connectivity index (χ3n) is 6.20. The van der Waals surface area contributed by atoms with Crippen LogP contribution in [0.3, 0.4) is 0 Å². The number of hydrogen-bond acceptors (Lipinski definition) is 12. The number of carbonyl (C=O) groups excluding carboxylic acids is 5. The number of ketones is 3. The topological polar surface area (TPSA) is 235 Å². The van der Waals surface area contributed by atoms with Gasteiger partial charge >= 0.3 is 94.1 Å². The van der Waals surface area contributed by atoms with Crippen molar-refractivity contribution in [2.75, 3.05) is 31.8 Å². The summed E-state index contributed by atoms with van der Waals surface area (Å²) in [6, 6.07) is 0. The molecule has 13 nitrogen and oxygen atoms in total. The maximum absolute atomic E-state index is 11.3. The smallest absolute Gasteiger partial charge is 1.00 e.